The maximum atomic E-state index is 12.0. The van der Waals surface area contributed by atoms with Crippen molar-refractivity contribution in [3.63, 3.8) is 0 Å². The van der Waals surface area contributed by atoms with Gasteiger partial charge in [0.1, 0.15) is 5.75 Å². The van der Waals surface area contributed by atoms with Crippen molar-refractivity contribution in [3.05, 3.63) is 30.3 Å². The van der Waals surface area contributed by atoms with Gasteiger partial charge in [0.15, 0.2) is 0 Å². The molecule has 104 valence electrons. The first kappa shape index (κ1) is 13.9. The zero-order valence-electron chi connectivity index (χ0n) is 11.5. The van der Waals surface area contributed by atoms with Crippen LogP contribution in [0, 0.1) is 0 Å². The highest BCUT2D eigenvalue weighted by atomic mass is 16.5. The summed E-state index contributed by atoms with van der Waals surface area (Å²) in [5.74, 6) is 1.11. The highest BCUT2D eigenvalue weighted by Gasteiger charge is 2.19. The minimum atomic E-state index is 0.241. The Morgan fingerprint density at radius 2 is 2.21 bits per heavy atom. The predicted molar refractivity (Wildman–Crippen MR) is 75.2 cm³/mol. The molecule has 0 aliphatic carbocycles. The zero-order valence-corrected chi connectivity index (χ0v) is 11.5. The molecule has 4 nitrogen and oxygen atoms in total. The Morgan fingerprint density at radius 3 is 2.95 bits per heavy atom. The number of nitrogens with zero attached hydrogens (tertiary/aromatic N) is 1. The van der Waals surface area contributed by atoms with Crippen LogP contribution in [0.5, 0.6) is 5.75 Å². The van der Waals surface area contributed by atoms with E-state index in [1.54, 1.807) is 0 Å². The Morgan fingerprint density at radius 1 is 1.42 bits per heavy atom. The summed E-state index contributed by atoms with van der Waals surface area (Å²) in [6.07, 6.45) is 1.34. The lowest BCUT2D eigenvalue weighted by Crippen LogP contribution is -2.51. The van der Waals surface area contributed by atoms with Gasteiger partial charge in [0.05, 0.1) is 6.61 Å². The van der Waals surface area contributed by atoms with E-state index in [0.717, 1.165) is 31.8 Å². The van der Waals surface area contributed by atoms with E-state index in [9.17, 15) is 4.79 Å². The smallest absolute Gasteiger partial charge is 0.222 e. The van der Waals surface area contributed by atoms with E-state index in [1.807, 2.05) is 35.2 Å². The summed E-state index contributed by atoms with van der Waals surface area (Å²) in [6, 6.07) is 10.1. The van der Waals surface area contributed by atoms with E-state index in [1.165, 1.54) is 0 Å². The second-order valence-electron chi connectivity index (χ2n) is 4.96. The van der Waals surface area contributed by atoms with Crippen molar-refractivity contribution in [2.75, 3.05) is 26.2 Å². The average Bonchev–Trinajstić information content (AvgIpc) is 2.44. The molecule has 0 bridgehead atoms. The number of rotatable bonds is 5. The van der Waals surface area contributed by atoms with Crippen LogP contribution >= 0.6 is 0 Å². The molecule has 1 amide bonds. The van der Waals surface area contributed by atoms with Gasteiger partial charge in [-0.25, -0.2) is 0 Å². The maximum Gasteiger partial charge on any atom is 0.222 e. The third-order valence-electron chi connectivity index (χ3n) is 3.27. The van der Waals surface area contributed by atoms with Crippen molar-refractivity contribution < 1.29 is 9.53 Å². The molecule has 1 aliphatic rings. The maximum absolute atomic E-state index is 12.0. The molecule has 1 atom stereocenters. The van der Waals surface area contributed by atoms with Crippen LogP contribution in [-0.2, 0) is 4.79 Å². The van der Waals surface area contributed by atoms with E-state index < -0.39 is 0 Å². The Balaban J connectivity index is 1.64. The molecule has 1 N–H and O–H groups in total. The first-order valence-corrected chi connectivity index (χ1v) is 6.95. The number of ether oxygens (including phenoxy) is 1. The fourth-order valence-corrected chi connectivity index (χ4v) is 2.25. The SMILES string of the molecule is CC1CN(C(=O)CCCOc2ccccc2)CCN1. The van der Waals surface area contributed by atoms with Gasteiger partial charge in [-0.2, -0.15) is 0 Å². The number of amides is 1. The molecule has 4 heteroatoms. The summed E-state index contributed by atoms with van der Waals surface area (Å²) in [5, 5.41) is 3.34. The zero-order chi connectivity index (χ0) is 13.5. The monoisotopic (exact) mass is 262 g/mol. The summed E-state index contributed by atoms with van der Waals surface area (Å²) in [6.45, 7) is 5.24. The third kappa shape index (κ3) is 4.56. The fraction of sp³-hybridized carbons (Fsp3) is 0.533. The fourth-order valence-electron chi connectivity index (χ4n) is 2.25. The molecular formula is C15H22N2O2. The molecule has 1 aromatic rings. The molecule has 1 aromatic carbocycles. The summed E-state index contributed by atoms with van der Waals surface area (Å²) in [7, 11) is 0. The molecular weight excluding hydrogens is 240 g/mol. The van der Waals surface area contributed by atoms with Crippen molar-refractivity contribution in [1.82, 2.24) is 10.2 Å². The van der Waals surface area contributed by atoms with Crippen LogP contribution in [0.3, 0.4) is 0 Å². The first-order chi connectivity index (χ1) is 9.25. The normalized spacial score (nSPS) is 19.2. The standard InChI is InChI=1S/C15H22N2O2/c1-13-12-17(10-9-16-13)15(18)8-5-11-19-14-6-3-2-4-7-14/h2-4,6-7,13,16H,5,8-12H2,1H3. The summed E-state index contributed by atoms with van der Waals surface area (Å²) in [4.78, 5) is 13.9. The van der Waals surface area contributed by atoms with Crippen molar-refractivity contribution in [3.8, 4) is 5.75 Å². The molecule has 19 heavy (non-hydrogen) atoms. The number of nitrogens with one attached hydrogen (secondary N) is 1. The van der Waals surface area contributed by atoms with Crippen LogP contribution in [0.25, 0.3) is 0 Å². The molecule has 0 spiro atoms. The molecule has 1 saturated heterocycles. The average molecular weight is 262 g/mol. The highest BCUT2D eigenvalue weighted by molar-refractivity contribution is 5.76. The predicted octanol–water partition coefficient (Wildman–Crippen LogP) is 1.67. The van der Waals surface area contributed by atoms with Gasteiger partial charge in [-0.3, -0.25) is 4.79 Å². The molecule has 2 rings (SSSR count). The minimum Gasteiger partial charge on any atom is -0.494 e. The molecule has 1 aliphatic heterocycles. The van der Waals surface area contributed by atoms with E-state index in [-0.39, 0.29) is 5.91 Å². The quantitative estimate of drug-likeness (QED) is 0.821. The number of benzene rings is 1. The topological polar surface area (TPSA) is 41.6 Å². The van der Waals surface area contributed by atoms with Crippen LogP contribution < -0.4 is 10.1 Å². The second-order valence-corrected chi connectivity index (χ2v) is 4.96. The van der Waals surface area contributed by atoms with Crippen molar-refractivity contribution in [2.45, 2.75) is 25.8 Å². The lowest BCUT2D eigenvalue weighted by Gasteiger charge is -2.32. The van der Waals surface area contributed by atoms with Gasteiger partial charge in [0.25, 0.3) is 0 Å². The summed E-state index contributed by atoms with van der Waals surface area (Å²) < 4.78 is 5.58. The molecule has 0 saturated carbocycles. The van der Waals surface area contributed by atoms with E-state index in [4.69, 9.17) is 4.74 Å². The Labute approximate surface area is 114 Å². The summed E-state index contributed by atoms with van der Waals surface area (Å²) >= 11 is 0. The Kier molecular flexibility index (Phi) is 5.21. The first-order valence-electron chi connectivity index (χ1n) is 6.95. The molecule has 0 radical (unpaired) electrons. The van der Waals surface area contributed by atoms with Crippen molar-refractivity contribution in [1.29, 1.82) is 0 Å². The molecule has 1 unspecified atom stereocenters. The molecule has 1 fully saturated rings. The van der Waals surface area contributed by atoms with Crippen LogP contribution in [0.2, 0.25) is 0 Å². The van der Waals surface area contributed by atoms with E-state index >= 15 is 0 Å². The number of carbonyl (C=O) groups excluding carboxylic acids is 1. The number of carbonyl (C=O) groups is 1. The number of para-hydroxylation sites is 1. The van der Waals surface area contributed by atoms with Crippen LogP contribution in [0.15, 0.2) is 30.3 Å². The van der Waals surface area contributed by atoms with Crippen molar-refractivity contribution >= 4 is 5.91 Å². The van der Waals surface area contributed by atoms with Crippen LogP contribution in [0.1, 0.15) is 19.8 Å². The Hall–Kier alpha value is -1.55. The van der Waals surface area contributed by atoms with Gasteiger partial charge in [0, 0.05) is 32.1 Å². The number of hydrogen-bond donors (Lipinski definition) is 1. The molecule has 1 heterocycles. The van der Waals surface area contributed by atoms with Crippen LogP contribution in [0.4, 0.5) is 0 Å². The van der Waals surface area contributed by atoms with Crippen LogP contribution in [-0.4, -0.2) is 43.1 Å². The Bertz CT molecular complexity index is 394. The lowest BCUT2D eigenvalue weighted by molar-refractivity contribution is -0.132. The lowest BCUT2D eigenvalue weighted by atomic mass is 10.2. The largest absolute Gasteiger partial charge is 0.494 e. The van der Waals surface area contributed by atoms with Gasteiger partial charge in [-0.05, 0) is 25.5 Å². The van der Waals surface area contributed by atoms with Crippen molar-refractivity contribution in [2.24, 2.45) is 0 Å². The number of piperazine rings is 1. The summed E-state index contributed by atoms with van der Waals surface area (Å²) in [5.41, 5.74) is 0. The van der Waals surface area contributed by atoms with Gasteiger partial charge >= 0.3 is 0 Å². The second kappa shape index (κ2) is 7.14. The van der Waals surface area contributed by atoms with Gasteiger partial charge in [-0.15, -0.1) is 0 Å². The van der Waals surface area contributed by atoms with Gasteiger partial charge < -0.3 is 15.0 Å². The van der Waals surface area contributed by atoms with Gasteiger partial charge in [-0.1, -0.05) is 18.2 Å². The van der Waals surface area contributed by atoms with E-state index in [2.05, 4.69) is 12.2 Å². The molecule has 0 aromatic heterocycles. The highest BCUT2D eigenvalue weighted by Crippen LogP contribution is 2.09. The third-order valence-corrected chi connectivity index (χ3v) is 3.27. The minimum absolute atomic E-state index is 0.241. The number of hydrogen-bond acceptors (Lipinski definition) is 3. The van der Waals surface area contributed by atoms with E-state index in [0.29, 0.717) is 19.1 Å². The van der Waals surface area contributed by atoms with Gasteiger partial charge in [0.2, 0.25) is 5.91 Å².